The van der Waals surface area contributed by atoms with E-state index in [0.717, 1.165) is 29.9 Å². The summed E-state index contributed by atoms with van der Waals surface area (Å²) >= 11 is 0. The fourth-order valence-electron chi connectivity index (χ4n) is 4.00. The molecule has 1 unspecified atom stereocenters. The van der Waals surface area contributed by atoms with Gasteiger partial charge in [-0.3, -0.25) is 0 Å². The van der Waals surface area contributed by atoms with Crippen LogP contribution in [-0.4, -0.2) is 6.54 Å². The highest BCUT2D eigenvalue weighted by atomic mass is 16.3. The highest BCUT2D eigenvalue weighted by Gasteiger charge is 2.31. The molecule has 0 saturated heterocycles. The van der Waals surface area contributed by atoms with E-state index in [1.807, 2.05) is 0 Å². The van der Waals surface area contributed by atoms with Crippen LogP contribution in [-0.2, 0) is 0 Å². The van der Waals surface area contributed by atoms with Crippen molar-refractivity contribution in [2.75, 3.05) is 6.54 Å². The van der Waals surface area contributed by atoms with E-state index in [2.05, 4.69) is 39.9 Å². The smallest absolute Gasteiger partial charge is 0.106 e. The lowest BCUT2D eigenvalue weighted by Crippen LogP contribution is -2.32. The zero-order valence-corrected chi connectivity index (χ0v) is 14.6. The predicted molar refractivity (Wildman–Crippen MR) is 89.7 cm³/mol. The molecule has 1 saturated carbocycles. The first kappa shape index (κ1) is 16.6. The summed E-state index contributed by atoms with van der Waals surface area (Å²) in [5.41, 5.74) is 2.81. The molecule has 1 heterocycles. The fourth-order valence-corrected chi connectivity index (χ4v) is 4.00. The van der Waals surface area contributed by atoms with Gasteiger partial charge in [-0.25, -0.2) is 0 Å². The van der Waals surface area contributed by atoms with E-state index in [0.29, 0.717) is 6.04 Å². The molecular formula is C19H33NO. The summed E-state index contributed by atoms with van der Waals surface area (Å²) < 4.78 is 5.90. The van der Waals surface area contributed by atoms with Crippen molar-refractivity contribution >= 4 is 0 Å². The Morgan fingerprint density at radius 2 is 1.71 bits per heavy atom. The van der Waals surface area contributed by atoms with Gasteiger partial charge in [0, 0.05) is 11.6 Å². The third-order valence-electron chi connectivity index (χ3n) is 5.48. The first-order chi connectivity index (χ1) is 10.1. The van der Waals surface area contributed by atoms with Crippen LogP contribution in [0.15, 0.2) is 4.42 Å². The summed E-state index contributed by atoms with van der Waals surface area (Å²) in [6.07, 6.45) is 8.07. The van der Waals surface area contributed by atoms with Gasteiger partial charge in [-0.1, -0.05) is 33.1 Å². The Morgan fingerprint density at radius 3 is 2.19 bits per heavy atom. The van der Waals surface area contributed by atoms with Gasteiger partial charge in [0.2, 0.25) is 0 Å². The minimum atomic E-state index is 0.486. The first-order valence-corrected chi connectivity index (χ1v) is 8.88. The number of nitrogens with one attached hydrogen (secondary N) is 1. The maximum Gasteiger partial charge on any atom is 0.106 e. The average molecular weight is 291 g/mol. The Morgan fingerprint density at radius 1 is 1.05 bits per heavy atom. The Hall–Kier alpha value is -0.760. The van der Waals surface area contributed by atoms with Crippen molar-refractivity contribution in [2.24, 2.45) is 11.8 Å². The quantitative estimate of drug-likeness (QED) is 0.752. The molecule has 0 spiro atoms. The van der Waals surface area contributed by atoms with Gasteiger partial charge >= 0.3 is 0 Å². The van der Waals surface area contributed by atoms with Gasteiger partial charge in [0.15, 0.2) is 0 Å². The van der Waals surface area contributed by atoms with Crippen molar-refractivity contribution in [1.29, 1.82) is 0 Å². The summed E-state index contributed by atoms with van der Waals surface area (Å²) in [5.74, 6) is 3.94. The molecule has 2 heteroatoms. The van der Waals surface area contributed by atoms with Crippen LogP contribution in [0.4, 0.5) is 0 Å². The Balaban J connectivity index is 2.18. The molecule has 2 rings (SSSR count). The molecule has 1 aliphatic carbocycles. The minimum Gasteiger partial charge on any atom is -0.466 e. The van der Waals surface area contributed by atoms with Crippen LogP contribution in [0.25, 0.3) is 0 Å². The van der Waals surface area contributed by atoms with Crippen molar-refractivity contribution in [2.45, 2.75) is 79.2 Å². The van der Waals surface area contributed by atoms with Crippen LogP contribution in [0.5, 0.6) is 0 Å². The van der Waals surface area contributed by atoms with Crippen molar-refractivity contribution < 1.29 is 4.42 Å². The van der Waals surface area contributed by atoms with Crippen LogP contribution in [0, 0.1) is 32.6 Å². The molecule has 21 heavy (non-hydrogen) atoms. The molecule has 1 atom stereocenters. The molecule has 0 radical (unpaired) electrons. The normalized spacial score (nSPS) is 24.2. The van der Waals surface area contributed by atoms with Gasteiger partial charge in [0.25, 0.3) is 0 Å². The van der Waals surface area contributed by atoms with Crippen molar-refractivity contribution in [3.05, 3.63) is 22.6 Å². The van der Waals surface area contributed by atoms with E-state index in [1.54, 1.807) is 0 Å². The van der Waals surface area contributed by atoms with Crippen LogP contribution in [0.2, 0.25) is 0 Å². The molecule has 120 valence electrons. The van der Waals surface area contributed by atoms with Crippen LogP contribution >= 0.6 is 0 Å². The second-order valence-electron chi connectivity index (χ2n) is 6.87. The third-order valence-corrected chi connectivity index (χ3v) is 5.48. The summed E-state index contributed by atoms with van der Waals surface area (Å²) in [4.78, 5) is 0. The molecule has 0 bridgehead atoms. The number of hydrogen-bond donors (Lipinski definition) is 1. The summed E-state index contributed by atoms with van der Waals surface area (Å²) in [6.45, 7) is 12.1. The minimum absolute atomic E-state index is 0.486. The maximum absolute atomic E-state index is 5.90. The van der Waals surface area contributed by atoms with E-state index >= 15 is 0 Å². The number of aryl methyl sites for hydroxylation is 2. The van der Waals surface area contributed by atoms with Crippen molar-refractivity contribution in [1.82, 2.24) is 5.32 Å². The first-order valence-electron chi connectivity index (χ1n) is 8.88. The number of hydrogen-bond acceptors (Lipinski definition) is 2. The van der Waals surface area contributed by atoms with Crippen LogP contribution < -0.4 is 5.32 Å². The Kier molecular flexibility index (Phi) is 5.92. The predicted octanol–water partition coefficient (Wildman–Crippen LogP) is 5.46. The third kappa shape index (κ3) is 3.71. The molecule has 2 nitrogen and oxygen atoms in total. The van der Waals surface area contributed by atoms with Gasteiger partial charge in [-0.2, -0.15) is 0 Å². The van der Waals surface area contributed by atoms with Gasteiger partial charge < -0.3 is 9.73 Å². The molecule has 1 aliphatic rings. The molecule has 1 fully saturated rings. The molecule has 1 N–H and O–H groups in total. The van der Waals surface area contributed by atoms with Gasteiger partial charge in [0.05, 0.1) is 0 Å². The zero-order chi connectivity index (χ0) is 15.4. The molecule has 0 aromatic carbocycles. The highest BCUT2D eigenvalue weighted by Crippen LogP contribution is 2.40. The van der Waals surface area contributed by atoms with E-state index in [9.17, 15) is 0 Å². The molecule has 0 amide bonds. The van der Waals surface area contributed by atoms with E-state index in [-0.39, 0.29) is 0 Å². The van der Waals surface area contributed by atoms with E-state index in [4.69, 9.17) is 4.42 Å². The number of furan rings is 1. The van der Waals surface area contributed by atoms with Crippen molar-refractivity contribution in [3.63, 3.8) is 0 Å². The standard InChI is InChI=1S/C19H33NO/c1-6-12-20-19(17-10-8-16(7-2)9-11-17)18-13(3)14(4)21-15(18)5/h16-17,19-20H,6-12H2,1-5H3. The Labute approximate surface area is 130 Å². The lowest BCUT2D eigenvalue weighted by molar-refractivity contribution is 0.217. The average Bonchev–Trinajstić information content (AvgIpc) is 2.74. The topological polar surface area (TPSA) is 25.2 Å². The SMILES string of the molecule is CCCNC(c1c(C)oc(C)c1C)C1CCC(CC)CC1. The van der Waals surface area contributed by atoms with E-state index in [1.165, 1.54) is 49.7 Å². The highest BCUT2D eigenvalue weighted by molar-refractivity contribution is 5.34. The van der Waals surface area contributed by atoms with Crippen molar-refractivity contribution in [3.8, 4) is 0 Å². The zero-order valence-electron chi connectivity index (χ0n) is 14.6. The molecule has 1 aromatic heterocycles. The second-order valence-corrected chi connectivity index (χ2v) is 6.87. The van der Waals surface area contributed by atoms with E-state index < -0.39 is 0 Å². The lowest BCUT2D eigenvalue weighted by Gasteiger charge is -2.34. The molecule has 0 aliphatic heterocycles. The second kappa shape index (κ2) is 7.49. The molecule has 1 aromatic rings. The van der Waals surface area contributed by atoms with Crippen LogP contribution in [0.1, 0.15) is 81.1 Å². The maximum atomic E-state index is 5.90. The van der Waals surface area contributed by atoms with Gasteiger partial charge in [-0.15, -0.1) is 0 Å². The number of rotatable bonds is 6. The lowest BCUT2D eigenvalue weighted by atomic mass is 9.75. The monoisotopic (exact) mass is 291 g/mol. The summed E-state index contributed by atoms with van der Waals surface area (Å²) in [6, 6.07) is 0.486. The Bertz CT molecular complexity index is 441. The summed E-state index contributed by atoms with van der Waals surface area (Å²) in [7, 11) is 0. The summed E-state index contributed by atoms with van der Waals surface area (Å²) in [5, 5.41) is 3.82. The van der Waals surface area contributed by atoms with Gasteiger partial charge in [0.1, 0.15) is 11.5 Å². The van der Waals surface area contributed by atoms with Gasteiger partial charge in [-0.05, 0) is 64.0 Å². The fraction of sp³-hybridized carbons (Fsp3) is 0.789. The molecular weight excluding hydrogens is 258 g/mol. The van der Waals surface area contributed by atoms with Crippen LogP contribution in [0.3, 0.4) is 0 Å². The largest absolute Gasteiger partial charge is 0.466 e.